The minimum Gasteiger partial charge on any atom is -0.377 e. The van der Waals surface area contributed by atoms with Crippen molar-refractivity contribution in [2.45, 2.75) is 110 Å². The van der Waals surface area contributed by atoms with E-state index < -0.39 is 5.60 Å². The van der Waals surface area contributed by atoms with Gasteiger partial charge in [-0.15, -0.1) is 0 Å². The average molecular weight is 497 g/mol. The molecule has 3 fully saturated rings. The third-order valence-electron chi connectivity index (χ3n) is 10.5. The van der Waals surface area contributed by atoms with Gasteiger partial charge < -0.3 is 5.11 Å². The van der Waals surface area contributed by atoms with E-state index in [1.165, 1.54) is 48.0 Å². The van der Waals surface area contributed by atoms with E-state index in [4.69, 9.17) is 0 Å². The Kier molecular flexibility index (Phi) is 6.11. The molecule has 5 aliphatic carbocycles. The first-order chi connectivity index (χ1) is 17.6. The number of hydrogen-bond donors (Lipinski definition) is 1. The van der Waals surface area contributed by atoms with Gasteiger partial charge in [0.15, 0.2) is 5.78 Å². The van der Waals surface area contributed by atoms with Gasteiger partial charge in [0.25, 0.3) is 0 Å². The Balaban J connectivity index is 1.42. The van der Waals surface area contributed by atoms with Gasteiger partial charge in [-0.25, -0.2) is 0 Å². The number of hydrogen-bond acceptors (Lipinski definition) is 2. The summed E-state index contributed by atoms with van der Waals surface area (Å²) in [6.45, 7) is 8.74. The van der Waals surface area contributed by atoms with E-state index in [0.29, 0.717) is 24.0 Å². The van der Waals surface area contributed by atoms with Crippen LogP contribution in [0.4, 0.5) is 0 Å². The molecule has 0 aliphatic heterocycles. The summed E-state index contributed by atoms with van der Waals surface area (Å²) < 4.78 is 0. The Labute approximate surface area is 224 Å². The lowest BCUT2D eigenvalue weighted by Gasteiger charge is -2.53. The van der Waals surface area contributed by atoms with Crippen molar-refractivity contribution in [1.29, 1.82) is 0 Å². The fraction of sp³-hybridized carbons (Fsp3) is 0.629. The van der Waals surface area contributed by atoms with E-state index in [2.05, 4.69) is 63.8 Å². The summed E-state index contributed by atoms with van der Waals surface area (Å²) in [5, 5.41) is 12.2. The first kappa shape index (κ1) is 25.2. The van der Waals surface area contributed by atoms with Gasteiger partial charge in [0, 0.05) is 23.2 Å². The molecule has 1 aromatic rings. The van der Waals surface area contributed by atoms with Crippen molar-refractivity contribution in [3.8, 4) is 11.8 Å². The highest BCUT2D eigenvalue weighted by Crippen LogP contribution is 2.66. The quantitative estimate of drug-likeness (QED) is 0.434. The number of ketones is 1. The summed E-state index contributed by atoms with van der Waals surface area (Å²) in [6, 6.07) is 9.47. The third-order valence-corrected chi connectivity index (χ3v) is 10.5. The van der Waals surface area contributed by atoms with Crippen LogP contribution in [0.25, 0.3) is 0 Å². The molecule has 37 heavy (non-hydrogen) atoms. The smallest absolute Gasteiger partial charge is 0.156 e. The van der Waals surface area contributed by atoms with Crippen LogP contribution in [0.1, 0.15) is 109 Å². The molecule has 0 heterocycles. The van der Waals surface area contributed by atoms with E-state index in [1.807, 2.05) is 6.08 Å². The molecular weight excluding hydrogens is 452 g/mol. The number of allylic oxidation sites excluding steroid dienone is 4. The molecular formula is C35H44O2. The second-order valence-corrected chi connectivity index (χ2v) is 14.1. The summed E-state index contributed by atoms with van der Waals surface area (Å²) in [6.07, 6.45) is 13.7. The summed E-state index contributed by atoms with van der Waals surface area (Å²) in [7, 11) is 0. The van der Waals surface area contributed by atoms with E-state index in [9.17, 15) is 9.90 Å². The number of rotatable bonds is 4. The van der Waals surface area contributed by atoms with Crippen LogP contribution in [0, 0.1) is 40.4 Å². The van der Waals surface area contributed by atoms with Crippen LogP contribution < -0.4 is 0 Å². The van der Waals surface area contributed by atoms with Gasteiger partial charge in [-0.1, -0.05) is 61.4 Å². The first-order valence-corrected chi connectivity index (χ1v) is 14.9. The van der Waals surface area contributed by atoms with Crippen molar-refractivity contribution in [3.05, 3.63) is 58.2 Å². The number of aryl methyl sites for hydroxylation is 1. The van der Waals surface area contributed by atoms with Gasteiger partial charge in [0.2, 0.25) is 0 Å². The highest BCUT2D eigenvalue weighted by molar-refractivity contribution is 5.93. The Morgan fingerprint density at radius 1 is 1.03 bits per heavy atom. The Hall–Kier alpha value is -2.11. The van der Waals surface area contributed by atoms with Crippen molar-refractivity contribution < 1.29 is 9.90 Å². The van der Waals surface area contributed by atoms with Crippen LogP contribution in [0.15, 0.2) is 47.1 Å². The molecule has 0 spiro atoms. The zero-order valence-corrected chi connectivity index (χ0v) is 23.3. The standard InChI is InChI=1S/C35H44O2/c1-33(2,3)19-20-35(37)18-17-31-29-15-13-26-21-27(36)14-16-28(26)32(29)30(22-34(31,35)4)25-11-9-24(10-12-25)8-7-23-5-6-23/h9-12,21,23,29-31,37H,5-8,13-18,22H2,1-4H3/t29-,30+,31-,34-,35+/m0/s1. The predicted molar refractivity (Wildman–Crippen MR) is 150 cm³/mol. The molecule has 0 aromatic heterocycles. The lowest BCUT2D eigenvalue weighted by atomic mass is 9.51. The number of fused-ring (bicyclic) bond motifs is 4. The van der Waals surface area contributed by atoms with Gasteiger partial charge >= 0.3 is 0 Å². The Morgan fingerprint density at radius 3 is 2.49 bits per heavy atom. The van der Waals surface area contributed by atoms with Gasteiger partial charge in [-0.3, -0.25) is 4.79 Å². The molecule has 2 heteroatoms. The van der Waals surface area contributed by atoms with Crippen molar-refractivity contribution in [3.63, 3.8) is 0 Å². The molecule has 5 aliphatic rings. The van der Waals surface area contributed by atoms with Crippen molar-refractivity contribution in [2.24, 2.45) is 28.6 Å². The molecule has 196 valence electrons. The maximum atomic E-state index is 12.3. The van der Waals surface area contributed by atoms with Crippen LogP contribution in [0.2, 0.25) is 0 Å². The van der Waals surface area contributed by atoms with Crippen molar-refractivity contribution in [1.82, 2.24) is 0 Å². The monoisotopic (exact) mass is 496 g/mol. The summed E-state index contributed by atoms with van der Waals surface area (Å²) in [5.74, 6) is 9.32. The molecule has 6 rings (SSSR count). The lowest BCUT2D eigenvalue weighted by Crippen LogP contribution is -2.51. The first-order valence-electron chi connectivity index (χ1n) is 14.9. The van der Waals surface area contributed by atoms with Crippen LogP contribution >= 0.6 is 0 Å². The number of carbonyl (C=O) groups excluding carboxylic acids is 1. The van der Waals surface area contributed by atoms with Crippen molar-refractivity contribution >= 4 is 5.78 Å². The van der Waals surface area contributed by atoms with Gasteiger partial charge in [-0.05, 0) is 118 Å². The van der Waals surface area contributed by atoms with Crippen molar-refractivity contribution in [2.75, 3.05) is 0 Å². The third kappa shape index (κ3) is 4.57. The van der Waals surface area contributed by atoms with Crippen LogP contribution in [0.5, 0.6) is 0 Å². The molecule has 0 unspecified atom stereocenters. The second-order valence-electron chi connectivity index (χ2n) is 14.1. The number of carbonyl (C=O) groups is 1. The molecule has 3 saturated carbocycles. The zero-order chi connectivity index (χ0) is 26.0. The Bertz CT molecular complexity index is 1210. The molecule has 1 aromatic carbocycles. The van der Waals surface area contributed by atoms with Crippen LogP contribution in [0.3, 0.4) is 0 Å². The van der Waals surface area contributed by atoms with E-state index in [1.54, 1.807) is 5.57 Å². The highest BCUT2D eigenvalue weighted by atomic mass is 16.3. The van der Waals surface area contributed by atoms with Crippen LogP contribution in [-0.2, 0) is 11.2 Å². The fourth-order valence-corrected chi connectivity index (χ4v) is 8.15. The largest absolute Gasteiger partial charge is 0.377 e. The van der Waals surface area contributed by atoms with Gasteiger partial charge in [-0.2, -0.15) is 0 Å². The normalized spacial score (nSPS) is 35.2. The zero-order valence-electron chi connectivity index (χ0n) is 23.3. The van der Waals surface area contributed by atoms with E-state index in [-0.39, 0.29) is 16.7 Å². The summed E-state index contributed by atoms with van der Waals surface area (Å²) in [4.78, 5) is 12.3. The minimum absolute atomic E-state index is 0.124. The summed E-state index contributed by atoms with van der Waals surface area (Å²) >= 11 is 0. The van der Waals surface area contributed by atoms with E-state index in [0.717, 1.165) is 44.4 Å². The topological polar surface area (TPSA) is 37.3 Å². The molecule has 5 atom stereocenters. The van der Waals surface area contributed by atoms with E-state index >= 15 is 0 Å². The predicted octanol–water partition coefficient (Wildman–Crippen LogP) is 7.71. The fourth-order valence-electron chi connectivity index (χ4n) is 8.15. The second kappa shape index (κ2) is 8.98. The van der Waals surface area contributed by atoms with Crippen LogP contribution in [-0.4, -0.2) is 16.5 Å². The maximum Gasteiger partial charge on any atom is 0.156 e. The molecule has 0 radical (unpaired) electrons. The molecule has 2 nitrogen and oxygen atoms in total. The molecule has 0 saturated heterocycles. The lowest BCUT2D eigenvalue weighted by molar-refractivity contribution is -0.114. The molecule has 0 amide bonds. The SMILES string of the molecule is CC(C)(C)C#C[C@]1(O)CC[C@H]2[C@@H]3CCC4=CC(=O)CCC4=C3[C@@H](c3ccc(CCC4CC4)cc3)C[C@@]21C. The Morgan fingerprint density at radius 2 is 1.78 bits per heavy atom. The van der Waals surface area contributed by atoms with Gasteiger partial charge in [0.1, 0.15) is 5.60 Å². The molecule has 1 N–H and O–H groups in total. The maximum absolute atomic E-state index is 12.3. The van der Waals surface area contributed by atoms with Gasteiger partial charge in [0.05, 0.1) is 0 Å². The average Bonchev–Trinajstić information content (AvgIpc) is 3.65. The highest BCUT2D eigenvalue weighted by Gasteiger charge is 2.62. The summed E-state index contributed by atoms with van der Waals surface area (Å²) in [5.41, 5.74) is 5.93. The molecule has 0 bridgehead atoms. The number of aliphatic hydroxyl groups is 1. The number of benzene rings is 1. The minimum atomic E-state index is -0.942.